The van der Waals surface area contributed by atoms with Crippen LogP contribution in [0.25, 0.3) is 10.8 Å². The summed E-state index contributed by atoms with van der Waals surface area (Å²) >= 11 is 0. The van der Waals surface area contributed by atoms with E-state index in [1.54, 1.807) is 6.20 Å². The van der Waals surface area contributed by atoms with Crippen molar-refractivity contribution in [3.63, 3.8) is 0 Å². The minimum Gasteiger partial charge on any atom is -0.394 e. The molecule has 4 atom stereocenters. The van der Waals surface area contributed by atoms with Crippen LogP contribution in [0, 0.1) is 0 Å². The molecule has 2 aliphatic heterocycles. The maximum Gasteiger partial charge on any atom is 0.273 e. The molecule has 0 amide bonds. The lowest BCUT2D eigenvalue weighted by Gasteiger charge is -2.28. The van der Waals surface area contributed by atoms with Crippen LogP contribution in [0.4, 0.5) is 17.3 Å². The minimum atomic E-state index is -1.69. The highest BCUT2D eigenvalue weighted by molar-refractivity contribution is 6.10. The fraction of sp³-hybridized carbons (Fsp3) is 0.438. The standard InChI is InChI=1S/C16H19N5O6/c1-16(25)12(24)9(5-22)27-15(16)21-4-7-8(20-26-2)3-10(23)19-13-11(7)14(21)18-6-17-13/h3-4,6,9,12,15,20,22,24-25H,5H2,1-2H3,(H,17,18,19,23)/t9-,12-,15-,16+/m1/s1. The molecule has 11 nitrogen and oxygen atoms in total. The summed E-state index contributed by atoms with van der Waals surface area (Å²) in [4.78, 5) is 25.3. The van der Waals surface area contributed by atoms with Crippen LogP contribution in [0.15, 0.2) is 22.1 Å². The second-order valence-electron chi connectivity index (χ2n) is 6.59. The molecule has 144 valence electrons. The highest BCUT2D eigenvalue weighted by atomic mass is 16.6. The van der Waals surface area contributed by atoms with Crippen LogP contribution in [0.2, 0.25) is 0 Å². The third-order valence-corrected chi connectivity index (χ3v) is 4.81. The van der Waals surface area contributed by atoms with Crippen LogP contribution in [-0.4, -0.2) is 62.7 Å². The molecule has 1 fully saturated rings. The van der Waals surface area contributed by atoms with Gasteiger partial charge in [0.05, 0.1) is 31.1 Å². The molecule has 27 heavy (non-hydrogen) atoms. The zero-order valence-corrected chi connectivity index (χ0v) is 14.6. The average Bonchev–Trinajstić information content (AvgIpc) is 3.06. The molecule has 0 unspecified atom stereocenters. The zero-order chi connectivity index (χ0) is 19.3. The van der Waals surface area contributed by atoms with Gasteiger partial charge in [-0.2, -0.15) is 4.98 Å². The summed E-state index contributed by atoms with van der Waals surface area (Å²) < 4.78 is 7.23. The van der Waals surface area contributed by atoms with Gasteiger partial charge in [-0.15, -0.1) is 0 Å². The van der Waals surface area contributed by atoms with Gasteiger partial charge < -0.3 is 29.9 Å². The molecule has 11 heteroatoms. The summed E-state index contributed by atoms with van der Waals surface area (Å²) in [5.41, 5.74) is 0.823. The van der Waals surface area contributed by atoms with E-state index < -0.39 is 36.2 Å². The monoisotopic (exact) mass is 377 g/mol. The molecule has 5 N–H and O–H groups in total. The van der Waals surface area contributed by atoms with Gasteiger partial charge in [0.2, 0.25) is 0 Å². The average molecular weight is 377 g/mol. The Morgan fingerprint density at radius 1 is 1.52 bits per heavy atom. The van der Waals surface area contributed by atoms with E-state index in [0.29, 0.717) is 28.1 Å². The first-order valence-electron chi connectivity index (χ1n) is 8.23. The van der Waals surface area contributed by atoms with E-state index in [-0.39, 0.29) is 0 Å². The maximum atomic E-state index is 12.0. The number of rotatable bonds is 4. The zero-order valence-electron chi connectivity index (χ0n) is 14.6. The Kier molecular flexibility index (Phi) is 4.13. The van der Waals surface area contributed by atoms with E-state index in [4.69, 9.17) is 9.57 Å². The molecule has 0 radical (unpaired) electrons. The van der Waals surface area contributed by atoms with Crippen LogP contribution in [0.5, 0.6) is 0 Å². The summed E-state index contributed by atoms with van der Waals surface area (Å²) in [5.74, 6) is 0.664. The Bertz CT molecular complexity index is 987. The van der Waals surface area contributed by atoms with E-state index in [9.17, 15) is 20.1 Å². The summed E-state index contributed by atoms with van der Waals surface area (Å²) in [6.07, 6.45) is -0.288. The Balaban J connectivity index is 1.98. The second-order valence-corrected chi connectivity index (χ2v) is 6.59. The van der Waals surface area contributed by atoms with Crippen molar-refractivity contribution in [3.8, 4) is 0 Å². The number of hydrogen-bond donors (Lipinski definition) is 5. The number of aromatic nitrogens is 2. The molecule has 4 rings (SSSR count). The third-order valence-electron chi connectivity index (χ3n) is 4.81. The molecular weight excluding hydrogens is 358 g/mol. The minimum absolute atomic E-state index is 0.291. The molecule has 1 saturated heterocycles. The molecule has 2 aliphatic rings. The van der Waals surface area contributed by atoms with Crippen molar-refractivity contribution in [2.45, 2.75) is 31.0 Å². The summed E-state index contributed by atoms with van der Waals surface area (Å²) in [5, 5.41) is 34.4. The quantitative estimate of drug-likeness (QED) is 0.442. The van der Waals surface area contributed by atoms with Crippen LogP contribution >= 0.6 is 0 Å². The molecule has 2 aromatic rings. The lowest BCUT2D eigenvalue weighted by molar-refractivity contribution is -0.0955. The van der Waals surface area contributed by atoms with E-state index in [2.05, 4.69) is 20.8 Å². The van der Waals surface area contributed by atoms with Crippen molar-refractivity contribution >= 4 is 34.4 Å². The lowest BCUT2D eigenvalue weighted by atomic mass is 9.96. The topological polar surface area (TPSA) is 150 Å². The van der Waals surface area contributed by atoms with Gasteiger partial charge >= 0.3 is 0 Å². The first-order valence-corrected chi connectivity index (χ1v) is 8.23. The predicted molar refractivity (Wildman–Crippen MR) is 96.0 cm³/mol. The molecule has 2 aromatic heterocycles. The van der Waals surface area contributed by atoms with Gasteiger partial charge in [0.1, 0.15) is 29.4 Å². The molecule has 0 bridgehead atoms. The molecular formula is C16H19N5O6. The smallest absolute Gasteiger partial charge is 0.273 e. The van der Waals surface area contributed by atoms with Crippen LogP contribution in [0.1, 0.15) is 13.2 Å². The third kappa shape index (κ3) is 2.59. The number of aliphatic hydroxyl groups is 3. The fourth-order valence-electron chi connectivity index (χ4n) is 3.51. The predicted octanol–water partition coefficient (Wildman–Crippen LogP) is -0.543. The maximum absolute atomic E-state index is 12.0. The van der Waals surface area contributed by atoms with Crippen molar-refractivity contribution in [1.29, 1.82) is 0 Å². The van der Waals surface area contributed by atoms with E-state index in [1.165, 1.54) is 31.0 Å². The van der Waals surface area contributed by atoms with Crippen molar-refractivity contribution in [2.75, 3.05) is 24.5 Å². The number of aliphatic hydroxyl groups excluding tert-OH is 2. The SMILES string of the molecule is CONc1cc(=O)nc2c3c(n([C@@H]4O[C@H](CO)[C@@H](O)[C@]4(C)O)cc13)N=CN2. The highest BCUT2D eigenvalue weighted by Gasteiger charge is 2.53. The van der Waals surface area contributed by atoms with Crippen molar-refractivity contribution in [2.24, 2.45) is 4.99 Å². The van der Waals surface area contributed by atoms with Gasteiger partial charge in [0, 0.05) is 17.6 Å². The normalized spacial score (nSPS) is 29.1. The first-order chi connectivity index (χ1) is 12.9. The van der Waals surface area contributed by atoms with Crippen molar-refractivity contribution < 1.29 is 24.9 Å². The molecule has 0 spiro atoms. The fourth-order valence-corrected chi connectivity index (χ4v) is 3.51. The summed E-state index contributed by atoms with van der Waals surface area (Å²) in [6, 6.07) is 1.27. The number of aliphatic imine (C=N–C) groups is 1. The number of nitrogens with zero attached hydrogens (tertiary/aromatic N) is 3. The van der Waals surface area contributed by atoms with Gasteiger partial charge in [0.25, 0.3) is 5.56 Å². The Morgan fingerprint density at radius 3 is 2.96 bits per heavy atom. The molecule has 0 saturated carbocycles. The van der Waals surface area contributed by atoms with Gasteiger partial charge in [-0.25, -0.2) is 4.99 Å². The Hall–Kier alpha value is -2.57. The molecule has 0 aromatic carbocycles. The van der Waals surface area contributed by atoms with Crippen LogP contribution < -0.4 is 16.4 Å². The summed E-state index contributed by atoms with van der Waals surface area (Å²) in [6.45, 7) is 0.968. The van der Waals surface area contributed by atoms with Crippen LogP contribution in [-0.2, 0) is 9.57 Å². The van der Waals surface area contributed by atoms with E-state index in [1.807, 2.05) is 0 Å². The Labute approximate surface area is 152 Å². The number of nitrogens with one attached hydrogen (secondary N) is 2. The summed E-state index contributed by atoms with van der Waals surface area (Å²) in [7, 11) is 1.41. The number of anilines is 2. The molecule has 0 aliphatic carbocycles. The van der Waals surface area contributed by atoms with Gasteiger partial charge in [0.15, 0.2) is 6.23 Å². The van der Waals surface area contributed by atoms with Crippen molar-refractivity contribution in [3.05, 3.63) is 22.6 Å². The second kappa shape index (κ2) is 6.25. The highest BCUT2D eigenvalue weighted by Crippen LogP contribution is 2.45. The first kappa shape index (κ1) is 17.8. The molecule has 4 heterocycles. The number of hydrogen-bond acceptors (Lipinski definition) is 10. The van der Waals surface area contributed by atoms with Crippen LogP contribution in [0.3, 0.4) is 0 Å². The number of ether oxygens (including phenoxy) is 1. The van der Waals surface area contributed by atoms with Gasteiger partial charge in [-0.1, -0.05) is 0 Å². The lowest BCUT2D eigenvalue weighted by Crippen LogP contribution is -2.44. The van der Waals surface area contributed by atoms with E-state index >= 15 is 0 Å². The van der Waals surface area contributed by atoms with Gasteiger partial charge in [-0.05, 0) is 6.92 Å². The van der Waals surface area contributed by atoms with Gasteiger partial charge in [-0.3, -0.25) is 15.1 Å². The van der Waals surface area contributed by atoms with E-state index in [0.717, 1.165) is 0 Å². The largest absolute Gasteiger partial charge is 0.394 e. The Morgan fingerprint density at radius 2 is 2.30 bits per heavy atom. The van der Waals surface area contributed by atoms with Crippen molar-refractivity contribution in [1.82, 2.24) is 9.55 Å².